The second-order valence-corrected chi connectivity index (χ2v) is 7.12. The van der Waals surface area contributed by atoms with Gasteiger partial charge in [0.2, 0.25) is 0 Å². The zero-order valence-corrected chi connectivity index (χ0v) is 17.2. The summed E-state index contributed by atoms with van der Waals surface area (Å²) in [6.45, 7) is 0.623. The molecule has 0 atom stereocenters. The summed E-state index contributed by atoms with van der Waals surface area (Å²) in [6.07, 6.45) is 1.91. The molecule has 4 nitrogen and oxygen atoms in total. The van der Waals surface area contributed by atoms with Crippen LogP contribution >= 0.6 is 15.9 Å². The Morgan fingerprint density at radius 2 is 1.82 bits per heavy atom. The molecule has 28 heavy (non-hydrogen) atoms. The Balaban J connectivity index is 1.54. The fourth-order valence-corrected chi connectivity index (χ4v) is 3.33. The Morgan fingerprint density at radius 1 is 1.00 bits per heavy atom. The second kappa shape index (κ2) is 9.95. The molecular weight excluding hydrogens is 418 g/mol. The first-order valence-corrected chi connectivity index (χ1v) is 9.86. The van der Waals surface area contributed by atoms with E-state index in [-0.39, 0.29) is 5.91 Å². The molecule has 1 N–H and O–H groups in total. The number of ether oxygens (including phenoxy) is 2. The number of nitrogens with one attached hydrogen (secondary N) is 1. The number of aryl methyl sites for hydroxylation is 1. The van der Waals surface area contributed by atoms with Gasteiger partial charge in [-0.2, -0.15) is 0 Å². The van der Waals surface area contributed by atoms with E-state index in [9.17, 15) is 4.79 Å². The number of carbonyl (C=O) groups excluding carboxylic acids is 1. The van der Waals surface area contributed by atoms with E-state index in [2.05, 4.69) is 33.4 Å². The minimum absolute atomic E-state index is 0.190. The SMILES string of the molecule is COc1ccc(C(=O)Nc2cccc(OCCCc3ccccc3)c2)cc1Br. The second-order valence-electron chi connectivity index (χ2n) is 6.27. The van der Waals surface area contributed by atoms with Crippen LogP contribution in [0.3, 0.4) is 0 Å². The molecule has 0 aliphatic rings. The molecule has 0 fully saturated rings. The highest BCUT2D eigenvalue weighted by Crippen LogP contribution is 2.26. The van der Waals surface area contributed by atoms with Gasteiger partial charge in [-0.05, 0) is 64.7 Å². The molecule has 0 aliphatic heterocycles. The van der Waals surface area contributed by atoms with Crippen LogP contribution in [-0.4, -0.2) is 19.6 Å². The minimum atomic E-state index is -0.190. The number of hydrogen-bond donors (Lipinski definition) is 1. The van der Waals surface area contributed by atoms with Crippen molar-refractivity contribution in [2.24, 2.45) is 0 Å². The lowest BCUT2D eigenvalue weighted by Crippen LogP contribution is -2.12. The summed E-state index contributed by atoms with van der Waals surface area (Å²) in [5, 5.41) is 2.90. The van der Waals surface area contributed by atoms with E-state index in [1.165, 1.54) is 5.56 Å². The van der Waals surface area contributed by atoms with Crippen LogP contribution < -0.4 is 14.8 Å². The van der Waals surface area contributed by atoms with Crippen molar-refractivity contribution >= 4 is 27.5 Å². The number of anilines is 1. The Hall–Kier alpha value is -2.79. The number of carbonyl (C=O) groups is 1. The van der Waals surface area contributed by atoms with Crippen LogP contribution in [0.1, 0.15) is 22.3 Å². The number of amides is 1. The quantitative estimate of drug-likeness (QED) is 0.456. The molecule has 0 saturated heterocycles. The third kappa shape index (κ3) is 5.60. The van der Waals surface area contributed by atoms with Crippen molar-refractivity contribution in [3.63, 3.8) is 0 Å². The lowest BCUT2D eigenvalue weighted by atomic mass is 10.1. The molecule has 0 aromatic heterocycles. The van der Waals surface area contributed by atoms with Gasteiger partial charge >= 0.3 is 0 Å². The standard InChI is InChI=1S/C23H22BrNO3/c1-27-22-13-12-18(15-21(22)24)23(26)25-19-10-5-11-20(16-19)28-14-6-9-17-7-3-2-4-8-17/h2-5,7-8,10-13,15-16H,6,9,14H2,1H3,(H,25,26). The van der Waals surface area contributed by atoms with E-state index < -0.39 is 0 Å². The van der Waals surface area contributed by atoms with E-state index in [0.717, 1.165) is 23.1 Å². The molecule has 144 valence electrons. The summed E-state index contributed by atoms with van der Waals surface area (Å²) in [4.78, 5) is 12.5. The molecule has 5 heteroatoms. The Morgan fingerprint density at radius 3 is 2.57 bits per heavy atom. The maximum Gasteiger partial charge on any atom is 0.255 e. The molecule has 0 aliphatic carbocycles. The molecule has 0 unspecified atom stereocenters. The Labute approximate surface area is 173 Å². The molecule has 0 saturated carbocycles. The normalized spacial score (nSPS) is 10.4. The Bertz CT molecular complexity index is 928. The largest absolute Gasteiger partial charge is 0.496 e. The number of hydrogen-bond acceptors (Lipinski definition) is 3. The lowest BCUT2D eigenvalue weighted by Gasteiger charge is -2.10. The van der Waals surface area contributed by atoms with Crippen LogP contribution in [0.15, 0.2) is 77.3 Å². The first-order valence-electron chi connectivity index (χ1n) is 9.07. The van der Waals surface area contributed by atoms with Crippen molar-refractivity contribution in [2.45, 2.75) is 12.8 Å². The maximum absolute atomic E-state index is 12.5. The fraction of sp³-hybridized carbons (Fsp3) is 0.174. The van der Waals surface area contributed by atoms with Gasteiger partial charge in [0.05, 0.1) is 18.2 Å². The Kier molecular flexibility index (Phi) is 7.09. The van der Waals surface area contributed by atoms with Crippen LogP contribution in [0.5, 0.6) is 11.5 Å². The summed E-state index contributed by atoms with van der Waals surface area (Å²) in [5.74, 6) is 1.23. The van der Waals surface area contributed by atoms with Crippen molar-refractivity contribution in [1.29, 1.82) is 0 Å². The van der Waals surface area contributed by atoms with Gasteiger partial charge in [-0.1, -0.05) is 36.4 Å². The van der Waals surface area contributed by atoms with Crippen molar-refractivity contribution in [1.82, 2.24) is 0 Å². The molecule has 3 aromatic carbocycles. The van der Waals surface area contributed by atoms with Gasteiger partial charge in [-0.25, -0.2) is 0 Å². The molecule has 1 amide bonds. The maximum atomic E-state index is 12.5. The highest BCUT2D eigenvalue weighted by atomic mass is 79.9. The van der Waals surface area contributed by atoms with Crippen LogP contribution in [0, 0.1) is 0 Å². The van der Waals surface area contributed by atoms with Crippen LogP contribution in [0.2, 0.25) is 0 Å². The predicted octanol–water partition coefficient (Wildman–Crippen LogP) is 5.72. The van der Waals surface area contributed by atoms with E-state index >= 15 is 0 Å². The molecule has 0 heterocycles. The average molecular weight is 440 g/mol. The first-order chi connectivity index (χ1) is 13.7. The highest BCUT2D eigenvalue weighted by Gasteiger charge is 2.10. The molecule has 3 rings (SSSR count). The van der Waals surface area contributed by atoms with E-state index in [1.54, 1.807) is 25.3 Å². The van der Waals surface area contributed by atoms with Gasteiger partial charge < -0.3 is 14.8 Å². The molecular formula is C23H22BrNO3. The molecule has 3 aromatic rings. The van der Waals surface area contributed by atoms with Gasteiger partial charge in [0.15, 0.2) is 0 Å². The summed E-state index contributed by atoms with van der Waals surface area (Å²) < 4.78 is 11.8. The minimum Gasteiger partial charge on any atom is -0.496 e. The topological polar surface area (TPSA) is 47.6 Å². The third-order valence-corrected chi connectivity index (χ3v) is 4.85. The number of halogens is 1. The molecule has 0 radical (unpaired) electrons. The van der Waals surface area contributed by atoms with Crippen molar-refractivity contribution < 1.29 is 14.3 Å². The van der Waals surface area contributed by atoms with Gasteiger partial charge in [0, 0.05) is 17.3 Å². The fourth-order valence-electron chi connectivity index (χ4n) is 2.79. The van der Waals surface area contributed by atoms with Crippen LogP contribution in [0.25, 0.3) is 0 Å². The zero-order valence-electron chi connectivity index (χ0n) is 15.7. The predicted molar refractivity (Wildman–Crippen MR) is 115 cm³/mol. The van der Waals surface area contributed by atoms with Crippen molar-refractivity contribution in [3.05, 3.63) is 88.4 Å². The monoisotopic (exact) mass is 439 g/mol. The number of benzene rings is 3. The van der Waals surface area contributed by atoms with Gasteiger partial charge in [0.1, 0.15) is 11.5 Å². The zero-order chi connectivity index (χ0) is 19.8. The van der Waals surface area contributed by atoms with E-state index in [0.29, 0.717) is 23.6 Å². The van der Waals surface area contributed by atoms with Gasteiger partial charge in [-0.15, -0.1) is 0 Å². The molecule has 0 bridgehead atoms. The summed E-state index contributed by atoms with van der Waals surface area (Å²) in [5.41, 5.74) is 2.54. The first kappa shape index (κ1) is 20.0. The smallest absolute Gasteiger partial charge is 0.255 e. The van der Waals surface area contributed by atoms with Crippen molar-refractivity contribution in [3.8, 4) is 11.5 Å². The average Bonchev–Trinajstić information content (AvgIpc) is 2.72. The number of rotatable bonds is 8. The van der Waals surface area contributed by atoms with E-state index in [1.807, 2.05) is 42.5 Å². The number of methoxy groups -OCH3 is 1. The summed E-state index contributed by atoms with van der Waals surface area (Å²) in [6, 6.07) is 23.0. The van der Waals surface area contributed by atoms with Crippen LogP contribution in [-0.2, 0) is 6.42 Å². The third-order valence-electron chi connectivity index (χ3n) is 4.23. The molecule has 0 spiro atoms. The lowest BCUT2D eigenvalue weighted by molar-refractivity contribution is 0.102. The summed E-state index contributed by atoms with van der Waals surface area (Å²) >= 11 is 3.40. The van der Waals surface area contributed by atoms with Crippen molar-refractivity contribution in [2.75, 3.05) is 19.0 Å². The van der Waals surface area contributed by atoms with Gasteiger partial charge in [-0.3, -0.25) is 4.79 Å². The highest BCUT2D eigenvalue weighted by molar-refractivity contribution is 9.10. The van der Waals surface area contributed by atoms with Crippen LogP contribution in [0.4, 0.5) is 5.69 Å². The summed E-state index contributed by atoms with van der Waals surface area (Å²) in [7, 11) is 1.59. The van der Waals surface area contributed by atoms with E-state index in [4.69, 9.17) is 9.47 Å². The van der Waals surface area contributed by atoms with Gasteiger partial charge in [0.25, 0.3) is 5.91 Å².